The van der Waals surface area contributed by atoms with Gasteiger partial charge in [0.25, 0.3) is 0 Å². The molecular formula is C12H25N3O. The Balaban J connectivity index is 3.04. The summed E-state index contributed by atoms with van der Waals surface area (Å²) in [5.41, 5.74) is 5.76. The Morgan fingerprint density at radius 2 is 2.00 bits per heavy atom. The van der Waals surface area contributed by atoms with Crippen molar-refractivity contribution < 1.29 is 4.79 Å². The van der Waals surface area contributed by atoms with Crippen LogP contribution in [0.2, 0.25) is 0 Å². The van der Waals surface area contributed by atoms with Gasteiger partial charge in [-0.15, -0.1) is 0 Å². The molecule has 0 saturated carbocycles. The van der Waals surface area contributed by atoms with Crippen molar-refractivity contribution in [2.24, 2.45) is 5.73 Å². The van der Waals surface area contributed by atoms with Crippen LogP contribution >= 0.6 is 0 Å². The van der Waals surface area contributed by atoms with Gasteiger partial charge in [-0.3, -0.25) is 9.69 Å². The van der Waals surface area contributed by atoms with Gasteiger partial charge in [0.1, 0.15) is 6.04 Å². The number of nitrogens with two attached hydrogens (primary N) is 1. The highest BCUT2D eigenvalue weighted by Crippen LogP contribution is 2.25. The van der Waals surface area contributed by atoms with Gasteiger partial charge in [0.2, 0.25) is 5.91 Å². The van der Waals surface area contributed by atoms with Crippen molar-refractivity contribution in [2.45, 2.75) is 51.7 Å². The topological polar surface area (TPSA) is 49.6 Å². The fourth-order valence-corrected chi connectivity index (χ4v) is 2.65. The Morgan fingerprint density at radius 3 is 2.44 bits per heavy atom. The van der Waals surface area contributed by atoms with Crippen molar-refractivity contribution in [2.75, 3.05) is 20.1 Å². The lowest BCUT2D eigenvalue weighted by Gasteiger charge is -2.43. The molecule has 0 aliphatic carbocycles. The minimum atomic E-state index is -0.178. The van der Waals surface area contributed by atoms with Gasteiger partial charge in [0.15, 0.2) is 0 Å². The summed E-state index contributed by atoms with van der Waals surface area (Å²) in [6.07, 6.45) is 1.01. The lowest BCUT2D eigenvalue weighted by atomic mass is 9.98. The van der Waals surface area contributed by atoms with Crippen molar-refractivity contribution in [1.29, 1.82) is 0 Å². The van der Waals surface area contributed by atoms with Crippen LogP contribution in [0.25, 0.3) is 0 Å². The first-order chi connectivity index (χ1) is 7.29. The van der Waals surface area contributed by atoms with E-state index >= 15 is 0 Å². The molecule has 1 aliphatic heterocycles. The Morgan fingerprint density at radius 1 is 1.44 bits per heavy atom. The second kappa shape index (κ2) is 4.72. The number of nitrogens with zero attached hydrogens (tertiary/aromatic N) is 2. The zero-order chi connectivity index (χ0) is 12.5. The molecule has 0 aromatic carbocycles. The molecule has 1 rings (SSSR count). The molecule has 2 unspecified atom stereocenters. The van der Waals surface area contributed by atoms with E-state index in [9.17, 15) is 4.79 Å². The summed E-state index contributed by atoms with van der Waals surface area (Å²) >= 11 is 0. The van der Waals surface area contributed by atoms with E-state index in [-0.39, 0.29) is 17.5 Å². The summed E-state index contributed by atoms with van der Waals surface area (Å²) in [6, 6.07) is 0.213. The van der Waals surface area contributed by atoms with Gasteiger partial charge in [-0.2, -0.15) is 0 Å². The molecule has 94 valence electrons. The predicted molar refractivity (Wildman–Crippen MR) is 66.2 cm³/mol. The molecule has 0 spiro atoms. The highest BCUT2D eigenvalue weighted by molar-refractivity contribution is 5.82. The molecule has 1 saturated heterocycles. The number of carbonyl (C=O) groups is 1. The van der Waals surface area contributed by atoms with E-state index in [0.717, 1.165) is 13.0 Å². The maximum atomic E-state index is 12.2. The molecule has 1 fully saturated rings. The number of carbonyl (C=O) groups excluding carboxylic acids is 1. The van der Waals surface area contributed by atoms with Crippen molar-refractivity contribution in [3.8, 4) is 0 Å². The van der Waals surface area contributed by atoms with Crippen molar-refractivity contribution in [1.82, 2.24) is 9.80 Å². The molecule has 0 aromatic rings. The van der Waals surface area contributed by atoms with Crippen LogP contribution in [0.15, 0.2) is 0 Å². The second-order valence-electron chi connectivity index (χ2n) is 5.73. The Bertz CT molecular complexity index is 259. The maximum absolute atomic E-state index is 12.2. The van der Waals surface area contributed by atoms with Crippen LogP contribution < -0.4 is 5.73 Å². The SMILES string of the molecule is CC1CCN(C)C(=O)C(CN)N1C(C)(C)C. The van der Waals surface area contributed by atoms with Crippen molar-refractivity contribution >= 4 is 5.91 Å². The first-order valence-electron chi connectivity index (χ1n) is 6.02. The molecule has 4 heteroatoms. The predicted octanol–water partition coefficient (Wildman–Crippen LogP) is 0.665. The quantitative estimate of drug-likeness (QED) is 0.716. The molecule has 1 amide bonds. The Labute approximate surface area is 98.8 Å². The number of rotatable bonds is 1. The third kappa shape index (κ3) is 2.55. The number of amides is 1. The smallest absolute Gasteiger partial charge is 0.241 e. The second-order valence-corrected chi connectivity index (χ2v) is 5.73. The van der Waals surface area contributed by atoms with Crippen LogP contribution in [0, 0.1) is 0 Å². The van der Waals surface area contributed by atoms with E-state index in [1.807, 2.05) is 7.05 Å². The largest absolute Gasteiger partial charge is 0.344 e. The van der Waals surface area contributed by atoms with Crippen LogP contribution in [-0.4, -0.2) is 53.5 Å². The summed E-state index contributed by atoms with van der Waals surface area (Å²) < 4.78 is 0. The molecule has 2 atom stereocenters. The van der Waals surface area contributed by atoms with Gasteiger partial charge in [-0.05, 0) is 34.1 Å². The normalized spacial score (nSPS) is 29.4. The van der Waals surface area contributed by atoms with E-state index in [1.54, 1.807) is 4.90 Å². The summed E-state index contributed by atoms with van der Waals surface area (Å²) in [5, 5.41) is 0. The van der Waals surface area contributed by atoms with Crippen LogP contribution in [-0.2, 0) is 4.79 Å². The average Bonchev–Trinajstić information content (AvgIpc) is 2.28. The lowest BCUT2D eigenvalue weighted by Crippen LogP contribution is -2.58. The van der Waals surface area contributed by atoms with E-state index in [2.05, 4.69) is 32.6 Å². The minimum Gasteiger partial charge on any atom is -0.344 e. The van der Waals surface area contributed by atoms with Gasteiger partial charge in [0.05, 0.1) is 0 Å². The van der Waals surface area contributed by atoms with Gasteiger partial charge in [-0.25, -0.2) is 0 Å². The minimum absolute atomic E-state index is 0.0235. The van der Waals surface area contributed by atoms with Crippen LogP contribution in [0.4, 0.5) is 0 Å². The van der Waals surface area contributed by atoms with Crippen molar-refractivity contribution in [3.63, 3.8) is 0 Å². The molecular weight excluding hydrogens is 202 g/mol. The van der Waals surface area contributed by atoms with Crippen LogP contribution in [0.3, 0.4) is 0 Å². The summed E-state index contributed by atoms with van der Waals surface area (Å²) in [5.74, 6) is 0.154. The third-order valence-corrected chi connectivity index (χ3v) is 3.35. The zero-order valence-corrected chi connectivity index (χ0v) is 11.2. The van der Waals surface area contributed by atoms with E-state index in [0.29, 0.717) is 12.6 Å². The number of hydrogen-bond acceptors (Lipinski definition) is 3. The highest BCUT2D eigenvalue weighted by Gasteiger charge is 2.39. The molecule has 1 aliphatic rings. The van der Waals surface area contributed by atoms with E-state index < -0.39 is 0 Å². The Hall–Kier alpha value is -0.610. The van der Waals surface area contributed by atoms with Crippen LogP contribution in [0.1, 0.15) is 34.1 Å². The lowest BCUT2D eigenvalue weighted by molar-refractivity contribution is -0.136. The Kier molecular flexibility index (Phi) is 3.97. The molecule has 0 bridgehead atoms. The molecule has 4 nitrogen and oxygen atoms in total. The van der Waals surface area contributed by atoms with E-state index in [1.165, 1.54) is 0 Å². The fraction of sp³-hybridized carbons (Fsp3) is 0.917. The summed E-state index contributed by atoms with van der Waals surface area (Å²) in [6.45, 7) is 9.83. The standard InChI is InChI=1S/C12H25N3O/c1-9-6-7-14(5)11(16)10(8-13)15(9)12(2,3)4/h9-10H,6-8,13H2,1-5H3. The van der Waals surface area contributed by atoms with Crippen molar-refractivity contribution in [3.05, 3.63) is 0 Å². The van der Waals surface area contributed by atoms with E-state index in [4.69, 9.17) is 5.73 Å². The first-order valence-corrected chi connectivity index (χ1v) is 6.02. The highest BCUT2D eigenvalue weighted by atomic mass is 16.2. The first kappa shape index (κ1) is 13.5. The summed E-state index contributed by atoms with van der Waals surface area (Å²) in [7, 11) is 1.86. The molecule has 0 aromatic heterocycles. The van der Waals surface area contributed by atoms with Crippen LogP contribution in [0.5, 0.6) is 0 Å². The van der Waals surface area contributed by atoms with Gasteiger partial charge in [0, 0.05) is 31.7 Å². The van der Waals surface area contributed by atoms with Gasteiger partial charge in [-0.1, -0.05) is 0 Å². The van der Waals surface area contributed by atoms with Gasteiger partial charge < -0.3 is 10.6 Å². The number of likely N-dealkylation sites (N-methyl/N-ethyl adjacent to an activating group) is 1. The monoisotopic (exact) mass is 227 g/mol. The van der Waals surface area contributed by atoms with Gasteiger partial charge >= 0.3 is 0 Å². The third-order valence-electron chi connectivity index (χ3n) is 3.35. The fourth-order valence-electron chi connectivity index (χ4n) is 2.65. The summed E-state index contributed by atoms with van der Waals surface area (Å²) in [4.78, 5) is 16.3. The molecule has 0 radical (unpaired) electrons. The molecule has 16 heavy (non-hydrogen) atoms. The molecule has 1 heterocycles. The zero-order valence-electron chi connectivity index (χ0n) is 11.2. The molecule has 2 N–H and O–H groups in total. The number of hydrogen-bond donors (Lipinski definition) is 1. The maximum Gasteiger partial charge on any atom is 0.241 e. The average molecular weight is 227 g/mol.